The molecule has 1 aromatic rings. The lowest BCUT2D eigenvalue weighted by atomic mass is 10.3. The molecule has 0 aromatic carbocycles. The largest absolute Gasteiger partial charge is 0.350 e. The average molecular weight is 328 g/mol. The van der Waals surface area contributed by atoms with E-state index < -0.39 is 0 Å². The van der Waals surface area contributed by atoms with Crippen LogP contribution in [0.25, 0.3) is 0 Å². The fourth-order valence-electron chi connectivity index (χ4n) is 1.64. The van der Waals surface area contributed by atoms with E-state index in [2.05, 4.69) is 26.2 Å². The Hall–Kier alpha value is -1.43. The van der Waals surface area contributed by atoms with E-state index in [-0.39, 0.29) is 11.8 Å². The fraction of sp³-hybridized carbons (Fsp3) is 0.462. The quantitative estimate of drug-likeness (QED) is 0.811. The number of rotatable bonds is 6. The molecule has 0 fully saturated rings. The van der Waals surface area contributed by atoms with Crippen molar-refractivity contribution in [2.45, 2.75) is 20.3 Å². The van der Waals surface area contributed by atoms with Crippen LogP contribution in [0.2, 0.25) is 0 Å². The smallest absolute Gasteiger partial charge is 0.269 e. The van der Waals surface area contributed by atoms with Crippen LogP contribution >= 0.6 is 15.9 Å². The molecule has 0 saturated heterocycles. The Kier molecular flexibility index (Phi) is 6.49. The predicted octanol–water partition coefficient (Wildman–Crippen LogP) is 1.83. The van der Waals surface area contributed by atoms with Gasteiger partial charge in [0.2, 0.25) is 5.91 Å². The molecule has 0 aliphatic carbocycles. The molecule has 1 N–H and O–H groups in total. The van der Waals surface area contributed by atoms with Gasteiger partial charge in [-0.05, 0) is 41.9 Å². The Morgan fingerprint density at radius 1 is 1.32 bits per heavy atom. The first kappa shape index (κ1) is 15.6. The molecule has 19 heavy (non-hydrogen) atoms. The first-order valence-electron chi connectivity index (χ1n) is 6.27. The summed E-state index contributed by atoms with van der Waals surface area (Å²) in [6, 6.07) is 5.13. The second-order valence-corrected chi connectivity index (χ2v) is 4.73. The van der Waals surface area contributed by atoms with E-state index >= 15 is 0 Å². The van der Waals surface area contributed by atoms with Crippen molar-refractivity contribution in [2.75, 3.05) is 19.6 Å². The summed E-state index contributed by atoms with van der Waals surface area (Å²) in [6.07, 6.45) is 0.307. The van der Waals surface area contributed by atoms with E-state index in [0.29, 0.717) is 36.4 Å². The van der Waals surface area contributed by atoms with Crippen molar-refractivity contribution in [2.24, 2.45) is 0 Å². The number of nitrogens with zero attached hydrogens (tertiary/aromatic N) is 2. The summed E-state index contributed by atoms with van der Waals surface area (Å²) in [6.45, 7) is 5.58. The third kappa shape index (κ3) is 4.98. The third-order valence-electron chi connectivity index (χ3n) is 2.69. The van der Waals surface area contributed by atoms with Crippen LogP contribution in [0.15, 0.2) is 22.8 Å². The van der Waals surface area contributed by atoms with E-state index in [1.54, 1.807) is 23.1 Å². The Morgan fingerprint density at radius 2 is 2.00 bits per heavy atom. The Morgan fingerprint density at radius 3 is 2.58 bits per heavy atom. The van der Waals surface area contributed by atoms with Crippen molar-refractivity contribution in [1.29, 1.82) is 0 Å². The maximum absolute atomic E-state index is 11.8. The van der Waals surface area contributed by atoms with Crippen molar-refractivity contribution < 1.29 is 9.59 Å². The molecule has 0 unspecified atom stereocenters. The van der Waals surface area contributed by atoms with Crippen molar-refractivity contribution in [1.82, 2.24) is 15.2 Å². The van der Waals surface area contributed by atoms with Gasteiger partial charge in [0, 0.05) is 26.1 Å². The zero-order valence-electron chi connectivity index (χ0n) is 11.1. The number of carbonyl (C=O) groups excluding carboxylic acids is 2. The van der Waals surface area contributed by atoms with Crippen molar-refractivity contribution in [3.8, 4) is 0 Å². The molecule has 1 aromatic heterocycles. The summed E-state index contributed by atoms with van der Waals surface area (Å²) in [5.41, 5.74) is 0.338. The summed E-state index contributed by atoms with van der Waals surface area (Å²) in [5.74, 6) is -0.221. The molecule has 5 nitrogen and oxygen atoms in total. The minimum atomic E-state index is -0.270. The molecule has 0 bridgehead atoms. The molecule has 0 aliphatic heterocycles. The third-order valence-corrected chi connectivity index (χ3v) is 3.13. The molecule has 6 heteroatoms. The molecule has 2 amide bonds. The molecule has 0 atom stereocenters. The van der Waals surface area contributed by atoms with Gasteiger partial charge in [0.1, 0.15) is 10.3 Å². The highest BCUT2D eigenvalue weighted by Crippen LogP contribution is 2.06. The molecular weight excluding hydrogens is 310 g/mol. The average Bonchev–Trinajstić information content (AvgIpc) is 2.40. The van der Waals surface area contributed by atoms with Crippen LogP contribution in [-0.4, -0.2) is 41.3 Å². The molecule has 1 rings (SSSR count). The summed E-state index contributed by atoms with van der Waals surface area (Å²) >= 11 is 3.21. The van der Waals surface area contributed by atoms with Crippen LogP contribution in [0, 0.1) is 0 Å². The predicted molar refractivity (Wildman–Crippen MR) is 76.8 cm³/mol. The number of nitrogens with one attached hydrogen (secondary N) is 1. The minimum absolute atomic E-state index is 0.0486. The Bertz CT molecular complexity index is 447. The molecule has 104 valence electrons. The molecule has 0 aliphatic rings. The topological polar surface area (TPSA) is 62.3 Å². The number of hydrogen-bond donors (Lipinski definition) is 1. The molecule has 0 radical (unpaired) electrons. The fourth-order valence-corrected chi connectivity index (χ4v) is 1.99. The Balaban J connectivity index is 2.41. The van der Waals surface area contributed by atoms with Gasteiger partial charge in [0.05, 0.1) is 0 Å². The zero-order valence-corrected chi connectivity index (χ0v) is 12.7. The summed E-state index contributed by atoms with van der Waals surface area (Å²) in [4.78, 5) is 29.3. The minimum Gasteiger partial charge on any atom is -0.350 e. The van der Waals surface area contributed by atoms with Crippen LogP contribution < -0.4 is 5.32 Å². The molecule has 1 heterocycles. The first-order valence-corrected chi connectivity index (χ1v) is 7.06. The lowest BCUT2D eigenvalue weighted by Gasteiger charge is -2.18. The molecular formula is C13H18BrN3O2. The first-order chi connectivity index (χ1) is 9.08. The maximum Gasteiger partial charge on any atom is 0.269 e. The van der Waals surface area contributed by atoms with Gasteiger partial charge in [0.25, 0.3) is 5.91 Å². The Labute approximate surface area is 121 Å². The van der Waals surface area contributed by atoms with Crippen LogP contribution in [0.3, 0.4) is 0 Å². The number of pyridine rings is 1. The van der Waals surface area contributed by atoms with Crippen molar-refractivity contribution in [3.63, 3.8) is 0 Å². The van der Waals surface area contributed by atoms with Gasteiger partial charge < -0.3 is 10.2 Å². The highest BCUT2D eigenvalue weighted by Gasteiger charge is 2.11. The van der Waals surface area contributed by atoms with Gasteiger partial charge in [-0.15, -0.1) is 0 Å². The van der Waals surface area contributed by atoms with E-state index in [1.165, 1.54) is 0 Å². The second-order valence-electron chi connectivity index (χ2n) is 3.92. The van der Waals surface area contributed by atoms with E-state index in [1.807, 2.05) is 13.8 Å². The van der Waals surface area contributed by atoms with Gasteiger partial charge >= 0.3 is 0 Å². The normalized spacial score (nSPS) is 10.1. The second kappa shape index (κ2) is 7.89. The SMILES string of the molecule is CCN(CC)C(=O)CCNC(=O)c1cccc(Br)n1. The number of halogens is 1. The molecule has 0 spiro atoms. The number of carbonyl (C=O) groups is 2. The standard InChI is InChI=1S/C13H18BrN3O2/c1-3-17(4-2)12(18)8-9-15-13(19)10-6-5-7-11(14)16-10/h5-7H,3-4,8-9H2,1-2H3,(H,15,19). The lowest BCUT2D eigenvalue weighted by molar-refractivity contribution is -0.130. The van der Waals surface area contributed by atoms with E-state index in [0.717, 1.165) is 0 Å². The maximum atomic E-state index is 11.8. The zero-order chi connectivity index (χ0) is 14.3. The van der Waals surface area contributed by atoms with Crippen LogP contribution in [-0.2, 0) is 4.79 Å². The van der Waals surface area contributed by atoms with E-state index in [4.69, 9.17) is 0 Å². The highest BCUT2D eigenvalue weighted by molar-refractivity contribution is 9.10. The number of hydrogen-bond acceptors (Lipinski definition) is 3. The summed E-state index contributed by atoms with van der Waals surface area (Å²) in [5, 5.41) is 2.69. The number of amides is 2. The van der Waals surface area contributed by atoms with Crippen LogP contribution in [0.4, 0.5) is 0 Å². The lowest BCUT2D eigenvalue weighted by Crippen LogP contribution is -2.34. The van der Waals surface area contributed by atoms with Gasteiger partial charge in [-0.25, -0.2) is 4.98 Å². The summed E-state index contributed by atoms with van der Waals surface area (Å²) < 4.78 is 0.611. The van der Waals surface area contributed by atoms with Crippen molar-refractivity contribution in [3.05, 3.63) is 28.5 Å². The van der Waals surface area contributed by atoms with Crippen LogP contribution in [0.5, 0.6) is 0 Å². The van der Waals surface area contributed by atoms with Gasteiger partial charge in [0.15, 0.2) is 0 Å². The van der Waals surface area contributed by atoms with E-state index in [9.17, 15) is 9.59 Å². The monoisotopic (exact) mass is 327 g/mol. The van der Waals surface area contributed by atoms with Crippen LogP contribution in [0.1, 0.15) is 30.8 Å². The van der Waals surface area contributed by atoms with Gasteiger partial charge in [-0.2, -0.15) is 0 Å². The van der Waals surface area contributed by atoms with Gasteiger partial charge in [-0.1, -0.05) is 6.07 Å². The summed E-state index contributed by atoms with van der Waals surface area (Å²) in [7, 11) is 0. The number of aromatic nitrogens is 1. The molecule has 0 saturated carbocycles. The highest BCUT2D eigenvalue weighted by atomic mass is 79.9. The van der Waals surface area contributed by atoms with Gasteiger partial charge in [-0.3, -0.25) is 9.59 Å². The van der Waals surface area contributed by atoms with Crippen molar-refractivity contribution >= 4 is 27.7 Å².